The number of hydrogen-bond acceptors (Lipinski definition) is 2. The summed E-state index contributed by atoms with van der Waals surface area (Å²) in [5.41, 5.74) is -1.62. The van der Waals surface area contributed by atoms with Gasteiger partial charge in [0.15, 0.2) is 0 Å². The molecule has 0 aliphatic rings. The predicted octanol–water partition coefficient (Wildman–Crippen LogP) is 5.22. The van der Waals surface area contributed by atoms with E-state index in [2.05, 4.69) is 10.6 Å². The van der Waals surface area contributed by atoms with Crippen molar-refractivity contribution in [3.8, 4) is 0 Å². The Bertz CT molecular complexity index is 839. The highest BCUT2D eigenvalue weighted by Crippen LogP contribution is 2.37. The number of nitrogens with one attached hydrogen (secondary N) is 2. The van der Waals surface area contributed by atoms with Crippen LogP contribution in [0.15, 0.2) is 36.4 Å². The van der Waals surface area contributed by atoms with E-state index >= 15 is 0 Å². The Kier molecular flexibility index (Phi) is 5.59. The van der Waals surface area contributed by atoms with Crippen molar-refractivity contribution in [3.63, 3.8) is 0 Å². The van der Waals surface area contributed by atoms with Gasteiger partial charge in [0.25, 0.3) is 5.91 Å². The lowest BCUT2D eigenvalue weighted by molar-refractivity contribution is -0.137. The van der Waals surface area contributed by atoms with Gasteiger partial charge in [-0.05, 0) is 36.4 Å². The third-order valence-corrected chi connectivity index (χ3v) is 3.62. The molecule has 0 saturated carbocycles. The molecule has 2 amide bonds. The van der Waals surface area contributed by atoms with Gasteiger partial charge in [-0.3, -0.25) is 9.59 Å². The first kappa shape index (κ1) is 19.1. The zero-order valence-electron chi connectivity index (χ0n) is 12.7. The number of benzene rings is 2. The van der Waals surface area contributed by atoms with Crippen molar-refractivity contribution in [2.45, 2.75) is 13.1 Å². The van der Waals surface area contributed by atoms with Crippen LogP contribution in [-0.2, 0) is 11.0 Å². The molecule has 0 saturated heterocycles. The molecule has 25 heavy (non-hydrogen) atoms. The molecule has 132 valence electrons. The highest BCUT2D eigenvalue weighted by atomic mass is 35.5. The van der Waals surface area contributed by atoms with E-state index in [1.165, 1.54) is 31.2 Å². The number of alkyl halides is 3. The zero-order valence-corrected chi connectivity index (χ0v) is 14.2. The number of halogens is 5. The summed E-state index contributed by atoms with van der Waals surface area (Å²) in [6, 6.07) is 7.04. The van der Waals surface area contributed by atoms with E-state index in [0.717, 1.165) is 12.1 Å². The second-order valence-corrected chi connectivity index (χ2v) is 5.86. The molecule has 0 aliphatic carbocycles. The standard InChI is InChI=1S/C16H11Cl2F3N2O2/c1-8(24)22-10-3-5-14(12(7-10)16(19,20)21)23-15(25)11-4-2-9(17)6-13(11)18/h2-7H,1H3,(H,22,24)(H,23,25). The first-order chi connectivity index (χ1) is 11.6. The van der Waals surface area contributed by atoms with Crippen LogP contribution >= 0.6 is 23.2 Å². The fourth-order valence-corrected chi connectivity index (χ4v) is 2.53. The molecular weight excluding hydrogens is 380 g/mol. The van der Waals surface area contributed by atoms with Crippen molar-refractivity contribution in [2.75, 3.05) is 10.6 Å². The third-order valence-electron chi connectivity index (χ3n) is 3.07. The van der Waals surface area contributed by atoms with Gasteiger partial charge in [-0.25, -0.2) is 0 Å². The minimum atomic E-state index is -4.74. The summed E-state index contributed by atoms with van der Waals surface area (Å²) < 4.78 is 39.7. The van der Waals surface area contributed by atoms with Crippen LogP contribution in [0.5, 0.6) is 0 Å². The van der Waals surface area contributed by atoms with Gasteiger partial charge in [0.1, 0.15) is 0 Å². The van der Waals surface area contributed by atoms with Gasteiger partial charge in [-0.15, -0.1) is 0 Å². The maximum Gasteiger partial charge on any atom is 0.418 e. The molecule has 0 unspecified atom stereocenters. The monoisotopic (exact) mass is 390 g/mol. The maximum absolute atomic E-state index is 13.2. The van der Waals surface area contributed by atoms with E-state index in [0.29, 0.717) is 0 Å². The van der Waals surface area contributed by atoms with Gasteiger partial charge in [0.05, 0.1) is 21.8 Å². The maximum atomic E-state index is 13.2. The fourth-order valence-electron chi connectivity index (χ4n) is 2.03. The Morgan fingerprint density at radius 1 is 1.00 bits per heavy atom. The normalized spacial score (nSPS) is 11.1. The summed E-state index contributed by atoms with van der Waals surface area (Å²) in [5, 5.41) is 4.73. The van der Waals surface area contributed by atoms with Gasteiger partial charge >= 0.3 is 6.18 Å². The molecule has 2 aromatic rings. The van der Waals surface area contributed by atoms with Crippen LogP contribution in [-0.4, -0.2) is 11.8 Å². The molecule has 2 N–H and O–H groups in total. The average Bonchev–Trinajstić information content (AvgIpc) is 2.47. The second-order valence-electron chi connectivity index (χ2n) is 5.02. The molecule has 0 aliphatic heterocycles. The molecule has 0 fully saturated rings. The lowest BCUT2D eigenvalue weighted by Crippen LogP contribution is -2.17. The Hall–Kier alpha value is -2.25. The van der Waals surface area contributed by atoms with Crippen LogP contribution in [0.2, 0.25) is 10.0 Å². The van der Waals surface area contributed by atoms with Crippen LogP contribution in [0.4, 0.5) is 24.5 Å². The molecule has 0 bridgehead atoms. The lowest BCUT2D eigenvalue weighted by Gasteiger charge is -2.16. The van der Waals surface area contributed by atoms with Crippen molar-refractivity contribution in [3.05, 3.63) is 57.6 Å². The summed E-state index contributed by atoms with van der Waals surface area (Å²) in [7, 11) is 0. The molecule has 0 spiro atoms. The second kappa shape index (κ2) is 7.33. The van der Waals surface area contributed by atoms with E-state index < -0.39 is 29.2 Å². The Morgan fingerprint density at radius 3 is 2.24 bits per heavy atom. The topological polar surface area (TPSA) is 58.2 Å². The number of amides is 2. The summed E-state index contributed by atoms with van der Waals surface area (Å²) >= 11 is 11.6. The van der Waals surface area contributed by atoms with Crippen LogP contribution in [0, 0.1) is 0 Å². The number of anilines is 2. The van der Waals surface area contributed by atoms with Gasteiger partial charge in [-0.1, -0.05) is 23.2 Å². The van der Waals surface area contributed by atoms with E-state index in [9.17, 15) is 22.8 Å². The molecule has 4 nitrogen and oxygen atoms in total. The number of carbonyl (C=O) groups is 2. The lowest BCUT2D eigenvalue weighted by atomic mass is 10.1. The van der Waals surface area contributed by atoms with E-state index in [4.69, 9.17) is 23.2 Å². The van der Waals surface area contributed by atoms with Crippen molar-refractivity contribution in [1.82, 2.24) is 0 Å². The summed E-state index contributed by atoms with van der Waals surface area (Å²) in [6.07, 6.45) is -4.74. The fraction of sp³-hybridized carbons (Fsp3) is 0.125. The minimum Gasteiger partial charge on any atom is -0.326 e. The van der Waals surface area contributed by atoms with Gasteiger partial charge < -0.3 is 10.6 Å². The number of carbonyl (C=O) groups excluding carboxylic acids is 2. The molecule has 0 radical (unpaired) electrons. The zero-order chi connectivity index (χ0) is 18.8. The number of rotatable bonds is 3. The summed E-state index contributed by atoms with van der Waals surface area (Å²) in [5.74, 6) is -1.34. The van der Waals surface area contributed by atoms with Crippen molar-refractivity contribution < 1.29 is 22.8 Å². The summed E-state index contributed by atoms with van der Waals surface area (Å²) in [6.45, 7) is 1.17. The highest BCUT2D eigenvalue weighted by Gasteiger charge is 2.34. The largest absolute Gasteiger partial charge is 0.418 e. The van der Waals surface area contributed by atoms with Gasteiger partial charge in [0, 0.05) is 17.6 Å². The average molecular weight is 391 g/mol. The quantitative estimate of drug-likeness (QED) is 0.754. The van der Waals surface area contributed by atoms with Crippen LogP contribution in [0.25, 0.3) is 0 Å². The van der Waals surface area contributed by atoms with Crippen LogP contribution in [0.1, 0.15) is 22.8 Å². The van der Waals surface area contributed by atoms with Crippen molar-refractivity contribution >= 4 is 46.4 Å². The molecule has 9 heteroatoms. The first-order valence-electron chi connectivity index (χ1n) is 6.83. The molecule has 2 rings (SSSR count). The van der Waals surface area contributed by atoms with Crippen LogP contribution < -0.4 is 10.6 Å². The molecule has 0 aromatic heterocycles. The Labute approximate surface area is 150 Å². The van der Waals surface area contributed by atoms with E-state index in [-0.39, 0.29) is 21.3 Å². The molecule has 0 heterocycles. The first-order valence-corrected chi connectivity index (χ1v) is 7.59. The number of hydrogen-bond donors (Lipinski definition) is 2. The molecule has 2 aromatic carbocycles. The van der Waals surface area contributed by atoms with E-state index in [1.54, 1.807) is 0 Å². The Morgan fingerprint density at radius 2 is 1.68 bits per heavy atom. The van der Waals surface area contributed by atoms with Crippen molar-refractivity contribution in [2.24, 2.45) is 0 Å². The van der Waals surface area contributed by atoms with Gasteiger partial charge in [-0.2, -0.15) is 13.2 Å². The smallest absolute Gasteiger partial charge is 0.326 e. The SMILES string of the molecule is CC(=O)Nc1ccc(NC(=O)c2ccc(Cl)cc2Cl)c(C(F)(F)F)c1. The minimum absolute atomic E-state index is 0.00780. The third kappa shape index (κ3) is 4.87. The van der Waals surface area contributed by atoms with Crippen LogP contribution in [0.3, 0.4) is 0 Å². The molecule has 0 atom stereocenters. The van der Waals surface area contributed by atoms with Crippen molar-refractivity contribution in [1.29, 1.82) is 0 Å². The summed E-state index contributed by atoms with van der Waals surface area (Å²) in [4.78, 5) is 23.2. The van der Waals surface area contributed by atoms with Gasteiger partial charge in [0.2, 0.25) is 5.91 Å². The Balaban J connectivity index is 2.37. The molecular formula is C16H11Cl2F3N2O2. The van der Waals surface area contributed by atoms with E-state index in [1.807, 2.05) is 0 Å². The highest BCUT2D eigenvalue weighted by molar-refractivity contribution is 6.37. The predicted molar refractivity (Wildman–Crippen MR) is 90.2 cm³/mol.